The maximum Gasteiger partial charge on any atom is 0.314 e. The van der Waals surface area contributed by atoms with Gasteiger partial charge in [0.1, 0.15) is 5.60 Å². The van der Waals surface area contributed by atoms with Gasteiger partial charge in [0, 0.05) is 36.9 Å². The fourth-order valence-electron chi connectivity index (χ4n) is 4.66. The van der Waals surface area contributed by atoms with Crippen molar-refractivity contribution in [3.05, 3.63) is 11.8 Å². The Morgan fingerprint density at radius 2 is 2.07 bits per heavy atom. The molecule has 0 radical (unpaired) electrons. The van der Waals surface area contributed by atoms with E-state index in [2.05, 4.69) is 9.89 Å². The summed E-state index contributed by atoms with van der Waals surface area (Å²) in [5, 5.41) is 0.766. The first-order valence-corrected chi connectivity index (χ1v) is 11.3. The van der Waals surface area contributed by atoms with E-state index in [0.717, 1.165) is 50.5 Å². The van der Waals surface area contributed by atoms with E-state index < -0.39 is 11.5 Å². The lowest BCUT2D eigenvalue weighted by Gasteiger charge is -2.31. The zero-order valence-electron chi connectivity index (χ0n) is 16.9. The average molecular weight is 407 g/mol. The number of amides is 1. The van der Waals surface area contributed by atoms with Gasteiger partial charge in [0.2, 0.25) is 0 Å². The predicted octanol–water partition coefficient (Wildman–Crippen LogP) is 3.45. The van der Waals surface area contributed by atoms with Gasteiger partial charge in [-0.15, -0.1) is 0 Å². The van der Waals surface area contributed by atoms with Crippen molar-refractivity contribution in [2.45, 2.75) is 81.7 Å². The van der Waals surface area contributed by atoms with Crippen LogP contribution >= 0.6 is 11.8 Å². The van der Waals surface area contributed by atoms with E-state index >= 15 is 0 Å². The van der Waals surface area contributed by atoms with E-state index in [0.29, 0.717) is 0 Å². The number of nitrogens with zero attached hydrogens (tertiary/aromatic N) is 2. The number of aliphatic imine (C=N–C) groups is 1. The van der Waals surface area contributed by atoms with E-state index in [1.807, 2.05) is 13.8 Å². The number of carbonyl (C=O) groups is 2. The van der Waals surface area contributed by atoms with Crippen LogP contribution in [0.1, 0.15) is 65.2 Å². The van der Waals surface area contributed by atoms with Gasteiger partial charge in [-0.25, -0.2) is 0 Å². The lowest BCUT2D eigenvalue weighted by Crippen LogP contribution is -2.38. The molecular weight excluding hydrogens is 376 g/mol. The van der Waals surface area contributed by atoms with Crippen molar-refractivity contribution in [3.8, 4) is 0 Å². The lowest BCUT2D eigenvalue weighted by molar-refractivity contribution is -0.129. The first kappa shape index (κ1) is 20.0. The van der Waals surface area contributed by atoms with Crippen LogP contribution in [0.5, 0.6) is 0 Å². The molecular formula is C21H30N2O4S. The van der Waals surface area contributed by atoms with Crippen molar-refractivity contribution in [1.82, 2.24) is 4.90 Å². The third-order valence-corrected chi connectivity index (χ3v) is 7.46. The van der Waals surface area contributed by atoms with Crippen LogP contribution in [0.4, 0.5) is 0 Å². The number of ether oxygens (including phenoxy) is 2. The Labute approximate surface area is 171 Å². The molecule has 0 bridgehead atoms. The summed E-state index contributed by atoms with van der Waals surface area (Å²) in [6.07, 6.45) is 10.0. The van der Waals surface area contributed by atoms with Gasteiger partial charge < -0.3 is 14.4 Å². The third-order valence-electron chi connectivity index (χ3n) is 5.96. The van der Waals surface area contributed by atoms with Gasteiger partial charge in [-0.2, -0.15) is 4.99 Å². The largest absolute Gasteiger partial charge is 0.481 e. The van der Waals surface area contributed by atoms with Crippen LogP contribution in [0, 0.1) is 0 Å². The highest BCUT2D eigenvalue weighted by Crippen LogP contribution is 2.46. The first-order valence-electron chi connectivity index (χ1n) is 10.5. The molecule has 7 heteroatoms. The highest BCUT2D eigenvalue weighted by atomic mass is 32.2. The molecule has 0 aromatic carbocycles. The van der Waals surface area contributed by atoms with Gasteiger partial charge in [-0.3, -0.25) is 9.59 Å². The zero-order chi connectivity index (χ0) is 19.8. The van der Waals surface area contributed by atoms with Crippen LogP contribution < -0.4 is 0 Å². The Balaban J connectivity index is 1.55. The molecule has 1 spiro atoms. The molecule has 154 valence electrons. The molecule has 0 N–H and O–H groups in total. The standard InChI is InChI=1S/C21H30N2O4S/c1-20(2)12-15(24)11-17(27-20)18(25)22-19-23(13-16-7-6-10-26-16)14-21(28-19)8-4-3-5-9-21/h11,16H,3-10,12-14H2,1-2H3/b22-19-/t16-/m0/s1. The Hall–Kier alpha value is -1.34. The molecule has 1 aliphatic carbocycles. The fourth-order valence-corrected chi connectivity index (χ4v) is 6.16. The van der Waals surface area contributed by atoms with Crippen LogP contribution in [0.3, 0.4) is 0 Å². The minimum atomic E-state index is -0.665. The van der Waals surface area contributed by atoms with E-state index in [9.17, 15) is 9.59 Å². The van der Waals surface area contributed by atoms with Crippen molar-refractivity contribution in [2.75, 3.05) is 19.7 Å². The fraction of sp³-hybridized carbons (Fsp3) is 0.762. The van der Waals surface area contributed by atoms with E-state index in [-0.39, 0.29) is 28.8 Å². The molecule has 3 heterocycles. The minimum absolute atomic E-state index is 0.0658. The quantitative estimate of drug-likeness (QED) is 0.715. The summed E-state index contributed by atoms with van der Waals surface area (Å²) in [5.74, 6) is -0.469. The molecule has 3 fully saturated rings. The maximum atomic E-state index is 12.8. The summed E-state index contributed by atoms with van der Waals surface area (Å²) in [7, 11) is 0. The second kappa shape index (κ2) is 7.82. The van der Waals surface area contributed by atoms with Crippen LogP contribution in [0.25, 0.3) is 0 Å². The molecule has 0 aromatic rings. The molecule has 6 nitrogen and oxygen atoms in total. The lowest BCUT2D eigenvalue weighted by atomic mass is 9.88. The third kappa shape index (κ3) is 4.46. The molecule has 0 aromatic heterocycles. The van der Waals surface area contributed by atoms with Crippen molar-refractivity contribution in [1.29, 1.82) is 0 Å². The van der Waals surface area contributed by atoms with Crippen molar-refractivity contribution >= 4 is 28.6 Å². The Morgan fingerprint density at radius 1 is 1.29 bits per heavy atom. The van der Waals surface area contributed by atoms with Gasteiger partial charge in [0.05, 0.1) is 6.10 Å². The number of hydrogen-bond acceptors (Lipinski definition) is 5. The van der Waals surface area contributed by atoms with Crippen LogP contribution in [0.15, 0.2) is 16.8 Å². The summed E-state index contributed by atoms with van der Waals surface area (Å²) >= 11 is 1.75. The van der Waals surface area contributed by atoms with Gasteiger partial charge >= 0.3 is 5.91 Å². The summed E-state index contributed by atoms with van der Waals surface area (Å²) in [5.41, 5.74) is -0.665. The summed E-state index contributed by atoms with van der Waals surface area (Å²) in [6.45, 7) is 6.17. The Morgan fingerprint density at radius 3 is 2.75 bits per heavy atom. The van der Waals surface area contributed by atoms with Gasteiger partial charge in [0.15, 0.2) is 16.7 Å². The monoisotopic (exact) mass is 406 g/mol. The maximum absolute atomic E-state index is 12.8. The summed E-state index contributed by atoms with van der Waals surface area (Å²) in [6, 6.07) is 0. The number of hydrogen-bond donors (Lipinski definition) is 0. The van der Waals surface area contributed by atoms with Crippen molar-refractivity contribution in [3.63, 3.8) is 0 Å². The van der Waals surface area contributed by atoms with E-state index in [1.165, 1.54) is 25.3 Å². The van der Waals surface area contributed by atoms with Crippen LogP contribution in [-0.2, 0) is 19.1 Å². The molecule has 0 unspecified atom stereocenters. The highest BCUT2D eigenvalue weighted by Gasteiger charge is 2.44. The van der Waals surface area contributed by atoms with Crippen LogP contribution in [-0.4, -0.2) is 57.9 Å². The topological polar surface area (TPSA) is 68.2 Å². The number of carbonyl (C=O) groups excluding carboxylic acids is 2. The number of rotatable bonds is 3. The second-order valence-corrected chi connectivity index (χ2v) is 10.5. The number of ketones is 1. The van der Waals surface area contributed by atoms with E-state index in [4.69, 9.17) is 9.47 Å². The molecule has 3 aliphatic heterocycles. The predicted molar refractivity (Wildman–Crippen MR) is 109 cm³/mol. The van der Waals surface area contributed by atoms with Gasteiger partial charge in [-0.1, -0.05) is 31.0 Å². The first-order chi connectivity index (χ1) is 13.3. The SMILES string of the molecule is CC1(C)CC(=O)C=C(C(=O)/N=C2\SC3(CCCCC3)CN2C[C@@H]2CCCO2)O1. The molecule has 28 heavy (non-hydrogen) atoms. The van der Waals surface area contributed by atoms with Gasteiger partial charge in [0.25, 0.3) is 0 Å². The Kier molecular flexibility index (Phi) is 5.58. The zero-order valence-corrected chi connectivity index (χ0v) is 17.7. The smallest absolute Gasteiger partial charge is 0.314 e. The number of amidine groups is 1. The second-order valence-electron chi connectivity index (χ2n) is 9.07. The van der Waals surface area contributed by atoms with Crippen molar-refractivity contribution in [2.24, 2.45) is 4.99 Å². The molecule has 2 saturated heterocycles. The molecule has 1 amide bonds. The van der Waals surface area contributed by atoms with E-state index in [1.54, 1.807) is 11.8 Å². The average Bonchev–Trinajstić information content (AvgIpc) is 3.23. The molecule has 4 rings (SSSR count). The highest BCUT2D eigenvalue weighted by molar-refractivity contribution is 8.15. The Bertz CT molecular complexity index is 703. The number of allylic oxidation sites excluding steroid dienone is 1. The normalized spacial score (nSPS) is 30.6. The summed E-state index contributed by atoms with van der Waals surface area (Å²) in [4.78, 5) is 31.5. The molecule has 1 atom stereocenters. The number of thioether (sulfide) groups is 1. The van der Waals surface area contributed by atoms with Gasteiger partial charge in [-0.05, 0) is 39.5 Å². The molecule has 4 aliphatic rings. The van der Waals surface area contributed by atoms with Crippen molar-refractivity contribution < 1.29 is 19.1 Å². The van der Waals surface area contributed by atoms with Crippen LogP contribution in [0.2, 0.25) is 0 Å². The minimum Gasteiger partial charge on any atom is -0.481 e. The molecule has 1 saturated carbocycles. The summed E-state index contributed by atoms with van der Waals surface area (Å²) < 4.78 is 11.7.